The summed E-state index contributed by atoms with van der Waals surface area (Å²) in [4.78, 5) is 16.0. The van der Waals surface area contributed by atoms with E-state index >= 15 is 0 Å². The fourth-order valence-corrected chi connectivity index (χ4v) is 3.35. The molecule has 0 saturated carbocycles. The quantitative estimate of drug-likeness (QED) is 0.858. The van der Waals surface area contributed by atoms with Crippen molar-refractivity contribution in [3.63, 3.8) is 0 Å². The first kappa shape index (κ1) is 14.7. The lowest BCUT2D eigenvalue weighted by molar-refractivity contribution is 0.106. The lowest BCUT2D eigenvalue weighted by Gasteiger charge is -2.42. The molecule has 6 nitrogen and oxygen atoms in total. The molecule has 6 heteroatoms. The van der Waals surface area contributed by atoms with E-state index in [4.69, 9.17) is 5.11 Å². The summed E-state index contributed by atoms with van der Waals surface area (Å²) in [5.41, 5.74) is 0.627. The molecule has 0 amide bonds. The van der Waals surface area contributed by atoms with Gasteiger partial charge >= 0.3 is 0 Å². The highest BCUT2D eigenvalue weighted by Crippen LogP contribution is 2.18. The van der Waals surface area contributed by atoms with Crippen molar-refractivity contribution in [2.45, 2.75) is 25.5 Å². The molecule has 0 aromatic carbocycles. The van der Waals surface area contributed by atoms with Gasteiger partial charge in [0.2, 0.25) is 0 Å². The van der Waals surface area contributed by atoms with Crippen molar-refractivity contribution >= 4 is 5.82 Å². The van der Waals surface area contributed by atoms with Gasteiger partial charge in [-0.2, -0.15) is 0 Å². The van der Waals surface area contributed by atoms with Crippen LogP contribution in [0.1, 0.15) is 18.5 Å². The average molecular weight is 291 g/mol. The molecule has 1 atom stereocenters. The van der Waals surface area contributed by atoms with Gasteiger partial charge in [-0.3, -0.25) is 9.88 Å². The topological polar surface area (TPSA) is 55.7 Å². The maximum absolute atomic E-state index is 9.01. The molecule has 0 spiro atoms. The monoisotopic (exact) mass is 291 g/mol. The molecular weight excluding hydrogens is 266 g/mol. The third-order valence-electron chi connectivity index (χ3n) is 4.61. The summed E-state index contributed by atoms with van der Waals surface area (Å²) in [5.74, 6) is 0.924. The zero-order valence-electron chi connectivity index (χ0n) is 12.8. The third kappa shape index (κ3) is 3.51. The molecule has 2 fully saturated rings. The molecule has 2 aliphatic rings. The fraction of sp³-hybridized carbons (Fsp3) is 0.733. The number of anilines is 1. The van der Waals surface area contributed by atoms with Crippen LogP contribution in [0.5, 0.6) is 0 Å². The highest BCUT2D eigenvalue weighted by Gasteiger charge is 2.27. The largest absolute Gasteiger partial charge is 0.390 e. The van der Waals surface area contributed by atoms with Crippen LogP contribution in [0.3, 0.4) is 0 Å². The second-order valence-corrected chi connectivity index (χ2v) is 6.11. The van der Waals surface area contributed by atoms with Crippen molar-refractivity contribution in [1.29, 1.82) is 0 Å². The molecule has 0 radical (unpaired) electrons. The third-order valence-corrected chi connectivity index (χ3v) is 4.61. The molecule has 0 aliphatic carbocycles. The minimum atomic E-state index is -0.0454. The van der Waals surface area contributed by atoms with Gasteiger partial charge in [0.25, 0.3) is 0 Å². The Balaban J connectivity index is 1.54. The van der Waals surface area contributed by atoms with Crippen molar-refractivity contribution in [3.05, 3.63) is 18.1 Å². The molecule has 2 saturated heterocycles. The highest BCUT2D eigenvalue weighted by molar-refractivity contribution is 5.36. The van der Waals surface area contributed by atoms with E-state index in [2.05, 4.69) is 31.7 Å². The van der Waals surface area contributed by atoms with Gasteiger partial charge in [-0.25, -0.2) is 4.98 Å². The first-order valence-corrected chi connectivity index (χ1v) is 7.85. The van der Waals surface area contributed by atoms with Gasteiger partial charge < -0.3 is 14.9 Å². The van der Waals surface area contributed by atoms with E-state index in [1.807, 2.05) is 0 Å². The van der Waals surface area contributed by atoms with E-state index in [9.17, 15) is 0 Å². The number of likely N-dealkylation sites (N-methyl/N-ethyl adjacent to an activating group) is 1. The van der Waals surface area contributed by atoms with E-state index < -0.39 is 0 Å². The van der Waals surface area contributed by atoms with Crippen LogP contribution in [0.25, 0.3) is 0 Å². The maximum atomic E-state index is 9.01. The van der Waals surface area contributed by atoms with Gasteiger partial charge in [-0.05, 0) is 26.4 Å². The van der Waals surface area contributed by atoms with E-state index in [0.717, 1.165) is 32.0 Å². The zero-order valence-corrected chi connectivity index (χ0v) is 12.8. The molecule has 1 aromatic heterocycles. The fourth-order valence-electron chi connectivity index (χ4n) is 3.35. The Morgan fingerprint density at radius 3 is 2.57 bits per heavy atom. The predicted molar refractivity (Wildman–Crippen MR) is 82.3 cm³/mol. The first-order chi connectivity index (χ1) is 10.3. The number of hydrogen-bond donors (Lipinski definition) is 1. The van der Waals surface area contributed by atoms with Crippen LogP contribution in [0.15, 0.2) is 12.4 Å². The van der Waals surface area contributed by atoms with Crippen LogP contribution in [-0.4, -0.2) is 77.2 Å². The van der Waals surface area contributed by atoms with Crippen LogP contribution in [0.4, 0.5) is 5.82 Å². The van der Waals surface area contributed by atoms with E-state index in [1.54, 1.807) is 12.4 Å². The Bertz CT molecular complexity index is 444. The molecule has 1 unspecified atom stereocenters. The van der Waals surface area contributed by atoms with Gasteiger partial charge in [0.15, 0.2) is 0 Å². The number of nitrogens with zero attached hydrogens (tertiary/aromatic N) is 5. The van der Waals surface area contributed by atoms with Gasteiger partial charge in [-0.1, -0.05) is 0 Å². The molecule has 1 N–H and O–H groups in total. The predicted octanol–water partition coefficient (Wildman–Crippen LogP) is 0.185. The Labute approximate surface area is 126 Å². The summed E-state index contributed by atoms with van der Waals surface area (Å²) in [6, 6.07) is 0.716. The molecule has 0 bridgehead atoms. The minimum Gasteiger partial charge on any atom is -0.390 e. The molecule has 1 aromatic rings. The summed E-state index contributed by atoms with van der Waals surface area (Å²) in [6.07, 6.45) is 6.08. The van der Waals surface area contributed by atoms with E-state index in [0.29, 0.717) is 11.7 Å². The average Bonchev–Trinajstić information content (AvgIpc) is 2.55. The summed E-state index contributed by atoms with van der Waals surface area (Å²) in [7, 11) is 2.22. The smallest absolute Gasteiger partial charge is 0.147 e. The number of aliphatic hydroxyl groups is 1. The summed E-state index contributed by atoms with van der Waals surface area (Å²) in [6.45, 7) is 6.61. The number of aromatic nitrogens is 2. The summed E-state index contributed by atoms with van der Waals surface area (Å²) < 4.78 is 0. The van der Waals surface area contributed by atoms with Gasteiger partial charge in [0.1, 0.15) is 5.82 Å². The number of aliphatic hydroxyl groups excluding tert-OH is 1. The second-order valence-electron chi connectivity index (χ2n) is 6.11. The highest BCUT2D eigenvalue weighted by atomic mass is 16.3. The lowest BCUT2D eigenvalue weighted by atomic mass is 10.0. The van der Waals surface area contributed by atoms with E-state index in [1.165, 1.54) is 25.9 Å². The van der Waals surface area contributed by atoms with E-state index in [-0.39, 0.29) is 6.61 Å². The Morgan fingerprint density at radius 1 is 1.14 bits per heavy atom. The van der Waals surface area contributed by atoms with Gasteiger partial charge in [0, 0.05) is 38.8 Å². The van der Waals surface area contributed by atoms with Crippen LogP contribution in [-0.2, 0) is 6.61 Å². The number of likely N-dealkylation sites (tertiary alicyclic amines) is 1. The van der Waals surface area contributed by atoms with Crippen molar-refractivity contribution in [2.24, 2.45) is 0 Å². The Hall–Kier alpha value is -1.24. The SMILES string of the molecule is CN1CCCC(N2CCN(c3cnc(CO)cn3)CC2)C1. The van der Waals surface area contributed by atoms with Gasteiger partial charge in [-0.15, -0.1) is 0 Å². The standard InChI is InChI=1S/C15H25N5O/c1-18-4-2-3-14(11-18)19-5-7-20(8-6-19)15-10-16-13(12-21)9-17-15/h9-10,14,21H,2-8,11-12H2,1H3. The lowest BCUT2D eigenvalue weighted by Crippen LogP contribution is -2.54. The van der Waals surface area contributed by atoms with Crippen LogP contribution in [0, 0.1) is 0 Å². The van der Waals surface area contributed by atoms with Gasteiger partial charge in [0.05, 0.1) is 24.7 Å². The van der Waals surface area contributed by atoms with Crippen LogP contribution in [0.2, 0.25) is 0 Å². The van der Waals surface area contributed by atoms with Crippen LogP contribution < -0.4 is 4.90 Å². The first-order valence-electron chi connectivity index (χ1n) is 7.85. The normalized spacial score (nSPS) is 25.2. The molecular formula is C15H25N5O. The Kier molecular flexibility index (Phi) is 4.67. The second kappa shape index (κ2) is 6.68. The number of piperazine rings is 1. The van der Waals surface area contributed by atoms with Crippen molar-refractivity contribution in [3.8, 4) is 0 Å². The van der Waals surface area contributed by atoms with Crippen molar-refractivity contribution in [1.82, 2.24) is 19.8 Å². The molecule has 2 aliphatic heterocycles. The zero-order chi connectivity index (χ0) is 14.7. The number of piperidine rings is 1. The maximum Gasteiger partial charge on any atom is 0.147 e. The van der Waals surface area contributed by atoms with Crippen LogP contribution >= 0.6 is 0 Å². The van der Waals surface area contributed by atoms with Crippen molar-refractivity contribution in [2.75, 3.05) is 51.2 Å². The number of hydrogen-bond acceptors (Lipinski definition) is 6. The molecule has 3 heterocycles. The molecule has 3 rings (SSSR count). The molecule has 116 valence electrons. The molecule has 21 heavy (non-hydrogen) atoms. The summed E-state index contributed by atoms with van der Waals surface area (Å²) >= 11 is 0. The van der Waals surface area contributed by atoms with Crippen molar-refractivity contribution < 1.29 is 5.11 Å². The summed E-state index contributed by atoms with van der Waals surface area (Å²) in [5, 5.41) is 9.01. The number of rotatable bonds is 3. The minimum absolute atomic E-state index is 0.0454. The Morgan fingerprint density at radius 2 is 1.95 bits per heavy atom.